The Bertz CT molecular complexity index is 397. The molecule has 0 fully saturated rings. The first-order valence-electron chi connectivity index (χ1n) is 4.83. The maximum atomic E-state index is 8.68. The third-order valence-electron chi connectivity index (χ3n) is 2.00. The van der Waals surface area contributed by atoms with Crippen LogP contribution < -0.4 is 0 Å². The van der Waals surface area contributed by atoms with Gasteiger partial charge in [-0.1, -0.05) is 6.07 Å². The van der Waals surface area contributed by atoms with E-state index in [-0.39, 0.29) is 6.61 Å². The van der Waals surface area contributed by atoms with Crippen LogP contribution in [0, 0.1) is 0 Å². The van der Waals surface area contributed by atoms with Crippen molar-refractivity contribution >= 4 is 11.3 Å². The Morgan fingerprint density at radius 2 is 2.00 bits per heavy atom. The number of aliphatic hydroxyl groups excluding tert-OH is 1. The summed E-state index contributed by atoms with van der Waals surface area (Å²) in [5.74, 6) is 1.16. The summed E-state index contributed by atoms with van der Waals surface area (Å²) in [4.78, 5) is 1.32. The fourth-order valence-corrected chi connectivity index (χ4v) is 1.98. The molecule has 80 valence electrons. The van der Waals surface area contributed by atoms with Crippen molar-refractivity contribution in [3.05, 3.63) is 34.2 Å². The van der Waals surface area contributed by atoms with Gasteiger partial charge in [0.1, 0.15) is 0 Å². The number of aromatic nitrogens is 2. The van der Waals surface area contributed by atoms with Crippen LogP contribution in [-0.4, -0.2) is 21.9 Å². The molecule has 0 saturated carbocycles. The topological polar surface area (TPSA) is 59.2 Å². The van der Waals surface area contributed by atoms with Crippen molar-refractivity contribution in [1.82, 2.24) is 10.2 Å². The zero-order chi connectivity index (χ0) is 10.5. The standard InChI is InChI=1S/C10H12N2O2S/c13-6-5-10-12-11-9(14-10)4-3-8-2-1-7-15-8/h1-2,7,13H,3-6H2. The van der Waals surface area contributed by atoms with Gasteiger partial charge in [-0.15, -0.1) is 21.5 Å². The van der Waals surface area contributed by atoms with Gasteiger partial charge in [0.15, 0.2) is 0 Å². The lowest BCUT2D eigenvalue weighted by Crippen LogP contribution is -1.89. The predicted molar refractivity (Wildman–Crippen MR) is 56.8 cm³/mol. The molecular formula is C10H12N2O2S. The molecule has 2 aromatic heterocycles. The lowest BCUT2D eigenvalue weighted by molar-refractivity contribution is 0.283. The quantitative estimate of drug-likeness (QED) is 0.835. The molecule has 0 amide bonds. The van der Waals surface area contributed by atoms with Gasteiger partial charge in [0.2, 0.25) is 11.8 Å². The maximum absolute atomic E-state index is 8.68. The van der Waals surface area contributed by atoms with Gasteiger partial charge in [-0.25, -0.2) is 0 Å². The molecule has 0 bridgehead atoms. The summed E-state index contributed by atoms with van der Waals surface area (Å²) in [5, 5.41) is 18.5. The van der Waals surface area contributed by atoms with E-state index < -0.39 is 0 Å². The van der Waals surface area contributed by atoms with E-state index in [4.69, 9.17) is 9.52 Å². The van der Waals surface area contributed by atoms with Gasteiger partial charge < -0.3 is 9.52 Å². The molecule has 0 saturated heterocycles. The average molecular weight is 224 g/mol. The van der Waals surface area contributed by atoms with Gasteiger partial charge in [0.25, 0.3) is 0 Å². The fraction of sp³-hybridized carbons (Fsp3) is 0.400. The van der Waals surface area contributed by atoms with Crippen LogP contribution in [0.5, 0.6) is 0 Å². The second-order valence-electron chi connectivity index (χ2n) is 3.14. The predicted octanol–water partition coefficient (Wildman–Crippen LogP) is 1.45. The Labute approximate surface area is 91.6 Å². The van der Waals surface area contributed by atoms with Crippen LogP contribution in [-0.2, 0) is 19.3 Å². The highest BCUT2D eigenvalue weighted by Gasteiger charge is 2.05. The minimum Gasteiger partial charge on any atom is -0.425 e. The third kappa shape index (κ3) is 2.87. The van der Waals surface area contributed by atoms with Crippen LogP contribution >= 0.6 is 11.3 Å². The van der Waals surface area contributed by atoms with Crippen molar-refractivity contribution in [1.29, 1.82) is 0 Å². The molecule has 0 aliphatic carbocycles. The van der Waals surface area contributed by atoms with Gasteiger partial charge in [0.05, 0.1) is 6.61 Å². The minimum atomic E-state index is 0.0482. The highest BCUT2D eigenvalue weighted by Crippen LogP contribution is 2.12. The largest absolute Gasteiger partial charge is 0.425 e. The summed E-state index contributed by atoms with van der Waals surface area (Å²) >= 11 is 1.73. The van der Waals surface area contributed by atoms with Crippen LogP contribution in [0.15, 0.2) is 21.9 Å². The molecule has 0 spiro atoms. The molecule has 0 aromatic carbocycles. The van der Waals surface area contributed by atoms with Crippen LogP contribution in [0.3, 0.4) is 0 Å². The van der Waals surface area contributed by atoms with E-state index in [1.165, 1.54) is 4.88 Å². The molecule has 0 atom stereocenters. The first-order chi connectivity index (χ1) is 7.38. The Balaban J connectivity index is 1.88. The van der Waals surface area contributed by atoms with Gasteiger partial charge in [-0.3, -0.25) is 0 Å². The Morgan fingerprint density at radius 1 is 1.20 bits per heavy atom. The summed E-state index contributed by atoms with van der Waals surface area (Å²) in [6.45, 7) is 0.0482. The first kappa shape index (κ1) is 10.3. The van der Waals surface area contributed by atoms with E-state index >= 15 is 0 Å². The second kappa shape index (κ2) is 5.04. The Morgan fingerprint density at radius 3 is 2.67 bits per heavy atom. The molecule has 5 heteroatoms. The highest BCUT2D eigenvalue weighted by atomic mass is 32.1. The molecule has 2 heterocycles. The van der Waals surface area contributed by atoms with Crippen LogP contribution in [0.1, 0.15) is 16.7 Å². The van der Waals surface area contributed by atoms with Crippen molar-refractivity contribution in [2.24, 2.45) is 0 Å². The van der Waals surface area contributed by atoms with Crippen molar-refractivity contribution < 1.29 is 9.52 Å². The van der Waals surface area contributed by atoms with Crippen LogP contribution in [0.25, 0.3) is 0 Å². The molecule has 0 aliphatic rings. The fourth-order valence-electron chi connectivity index (χ4n) is 1.27. The van der Waals surface area contributed by atoms with Gasteiger partial charge >= 0.3 is 0 Å². The number of aryl methyl sites for hydroxylation is 2. The van der Waals surface area contributed by atoms with Gasteiger partial charge in [0, 0.05) is 17.7 Å². The van der Waals surface area contributed by atoms with E-state index in [9.17, 15) is 0 Å². The normalized spacial score (nSPS) is 10.7. The minimum absolute atomic E-state index is 0.0482. The zero-order valence-electron chi connectivity index (χ0n) is 8.22. The molecule has 4 nitrogen and oxygen atoms in total. The molecule has 0 radical (unpaired) electrons. The van der Waals surface area contributed by atoms with Crippen LogP contribution in [0.2, 0.25) is 0 Å². The van der Waals surface area contributed by atoms with E-state index in [1.807, 2.05) is 6.07 Å². The lowest BCUT2D eigenvalue weighted by Gasteiger charge is -1.92. The maximum Gasteiger partial charge on any atom is 0.218 e. The Hall–Kier alpha value is -1.20. The summed E-state index contributed by atoms with van der Waals surface area (Å²) < 4.78 is 5.34. The van der Waals surface area contributed by atoms with E-state index in [1.54, 1.807) is 11.3 Å². The summed E-state index contributed by atoms with van der Waals surface area (Å²) in [5.41, 5.74) is 0. The lowest BCUT2D eigenvalue weighted by atomic mass is 10.3. The average Bonchev–Trinajstić information content (AvgIpc) is 2.85. The molecule has 2 rings (SSSR count). The van der Waals surface area contributed by atoms with Crippen molar-refractivity contribution in [2.75, 3.05) is 6.61 Å². The number of thiophene rings is 1. The first-order valence-corrected chi connectivity index (χ1v) is 5.71. The second-order valence-corrected chi connectivity index (χ2v) is 4.17. The summed E-state index contributed by atoms with van der Waals surface area (Å²) in [6.07, 6.45) is 2.13. The Kier molecular flexibility index (Phi) is 3.47. The smallest absolute Gasteiger partial charge is 0.218 e. The zero-order valence-corrected chi connectivity index (χ0v) is 9.04. The molecule has 1 N–H and O–H groups in total. The van der Waals surface area contributed by atoms with Crippen molar-refractivity contribution in [3.63, 3.8) is 0 Å². The van der Waals surface area contributed by atoms with Gasteiger partial charge in [-0.05, 0) is 17.9 Å². The number of hydrogen-bond donors (Lipinski definition) is 1. The summed E-state index contributed by atoms with van der Waals surface area (Å²) in [7, 11) is 0. The van der Waals surface area contributed by atoms with Crippen LogP contribution in [0.4, 0.5) is 0 Å². The SMILES string of the molecule is OCCc1nnc(CCc2cccs2)o1. The van der Waals surface area contributed by atoms with E-state index in [0.29, 0.717) is 18.2 Å². The molecule has 0 unspecified atom stereocenters. The number of aliphatic hydroxyl groups is 1. The molecule has 15 heavy (non-hydrogen) atoms. The number of nitrogens with zero attached hydrogens (tertiary/aromatic N) is 2. The highest BCUT2D eigenvalue weighted by molar-refractivity contribution is 7.09. The molecule has 2 aromatic rings. The van der Waals surface area contributed by atoms with Crippen molar-refractivity contribution in [3.8, 4) is 0 Å². The number of hydrogen-bond acceptors (Lipinski definition) is 5. The molecular weight excluding hydrogens is 212 g/mol. The monoisotopic (exact) mass is 224 g/mol. The van der Waals surface area contributed by atoms with E-state index in [2.05, 4.69) is 21.6 Å². The van der Waals surface area contributed by atoms with E-state index in [0.717, 1.165) is 12.8 Å². The third-order valence-corrected chi connectivity index (χ3v) is 2.94. The molecule has 0 aliphatic heterocycles. The van der Waals surface area contributed by atoms with Gasteiger partial charge in [-0.2, -0.15) is 0 Å². The van der Waals surface area contributed by atoms with Crippen molar-refractivity contribution in [2.45, 2.75) is 19.3 Å². The number of rotatable bonds is 5. The summed E-state index contributed by atoms with van der Waals surface area (Å²) in [6, 6.07) is 4.13.